The summed E-state index contributed by atoms with van der Waals surface area (Å²) in [6, 6.07) is -0.868. The molecule has 0 aromatic rings. The fourth-order valence-corrected chi connectivity index (χ4v) is 7.46. The summed E-state index contributed by atoms with van der Waals surface area (Å²) in [7, 11) is 1.54. The predicted molar refractivity (Wildman–Crippen MR) is 249 cm³/mol. The lowest BCUT2D eigenvalue weighted by Crippen LogP contribution is -2.45. The zero-order valence-electron chi connectivity index (χ0n) is 38.5. The quantitative estimate of drug-likeness (QED) is 0.0244. The predicted octanol–water partition coefficient (Wildman–Crippen LogP) is 13.6. The molecule has 0 spiro atoms. The Morgan fingerprint density at radius 2 is 1.00 bits per heavy atom. The number of nitrogens with one attached hydrogen (secondary N) is 1. The van der Waals surface area contributed by atoms with Crippen LogP contribution in [0.25, 0.3) is 0 Å². The largest absolute Gasteiger partial charge is 0.472 e. The van der Waals surface area contributed by atoms with Gasteiger partial charge in [0.15, 0.2) is 0 Å². The maximum absolute atomic E-state index is 12.9. The van der Waals surface area contributed by atoms with E-state index in [9.17, 15) is 19.4 Å². The first kappa shape index (κ1) is 56.5. The smallest absolute Gasteiger partial charge is 0.387 e. The van der Waals surface area contributed by atoms with Gasteiger partial charge in [-0.3, -0.25) is 13.8 Å². The van der Waals surface area contributed by atoms with Crippen LogP contribution in [0, 0.1) is 0 Å². The zero-order valence-corrected chi connectivity index (χ0v) is 39.4. The molecule has 0 aromatic carbocycles. The van der Waals surface area contributed by atoms with Gasteiger partial charge in [0.25, 0.3) is 0 Å². The fourth-order valence-electron chi connectivity index (χ4n) is 6.72. The Morgan fingerprint density at radius 3 is 1.47 bits per heavy atom. The Bertz CT molecular complexity index is 1090. The number of carbonyl (C=O) groups is 1. The summed E-state index contributed by atoms with van der Waals surface area (Å²) in [5.41, 5.74) is 0. The van der Waals surface area contributed by atoms with Crippen LogP contribution >= 0.6 is 7.82 Å². The third-order valence-corrected chi connectivity index (χ3v) is 11.5. The Hall–Kier alpha value is -1.54. The second-order valence-electron chi connectivity index (χ2n) is 17.4. The molecule has 340 valence electrons. The number of phosphoric acid groups is 1. The molecule has 0 rings (SSSR count). The lowest BCUT2D eigenvalue weighted by atomic mass is 10.0. The molecule has 0 saturated heterocycles. The molecule has 0 radical (unpaired) electrons. The fraction of sp³-hybridized carbons (Fsp3) is 0.816. The highest BCUT2D eigenvalue weighted by Gasteiger charge is 2.27. The van der Waals surface area contributed by atoms with Crippen molar-refractivity contribution in [3.05, 3.63) is 48.6 Å². The SMILES string of the molecule is CC/C=C/CC/C=C/CC/C=C/C(O)C(COP(=O)(O)OCC[N+](C)(C)C)NC(=O)CCCCCCCCCCCC/C=C\CCCCCCCCCCCCCC. The summed E-state index contributed by atoms with van der Waals surface area (Å²) in [5, 5.41) is 13.7. The summed E-state index contributed by atoms with van der Waals surface area (Å²) in [6.07, 6.45) is 52.2. The van der Waals surface area contributed by atoms with E-state index < -0.39 is 20.0 Å². The maximum atomic E-state index is 12.9. The third kappa shape index (κ3) is 42.6. The van der Waals surface area contributed by atoms with E-state index in [0.717, 1.165) is 51.4 Å². The van der Waals surface area contributed by atoms with Crippen LogP contribution in [-0.2, 0) is 18.4 Å². The van der Waals surface area contributed by atoms with Crippen molar-refractivity contribution >= 4 is 13.7 Å². The Labute approximate surface area is 359 Å². The molecule has 0 aliphatic carbocycles. The van der Waals surface area contributed by atoms with Crippen molar-refractivity contribution in [3.8, 4) is 0 Å². The Morgan fingerprint density at radius 1 is 0.586 bits per heavy atom. The van der Waals surface area contributed by atoms with Gasteiger partial charge in [-0.15, -0.1) is 0 Å². The standard InChI is InChI=1S/C49H93N2O6P/c1-6-8-10-12-14-16-18-19-20-21-22-23-24-25-26-27-28-29-30-31-32-33-35-37-39-41-43-49(53)50-47(46-57-58(54,55)56-45-44-51(3,4)5)48(52)42-40-38-36-34-17-15-13-11-9-7-2/h9,11,17,25-26,34,40,42,47-48,52H,6-8,10,12-16,18-24,27-33,35-39,41,43-46H2,1-5H3,(H-,50,53,54,55)/p+1/b11-9+,26-25-,34-17+,42-40+. The van der Waals surface area contributed by atoms with E-state index in [4.69, 9.17) is 9.05 Å². The van der Waals surface area contributed by atoms with Crippen molar-refractivity contribution in [2.45, 2.75) is 219 Å². The van der Waals surface area contributed by atoms with Gasteiger partial charge in [0.1, 0.15) is 13.2 Å². The number of aliphatic hydroxyl groups is 1. The molecule has 0 heterocycles. The normalized spacial score (nSPS) is 14.7. The highest BCUT2D eigenvalue weighted by atomic mass is 31.2. The van der Waals surface area contributed by atoms with Crippen molar-refractivity contribution < 1.29 is 32.9 Å². The first-order valence-electron chi connectivity index (χ1n) is 24.0. The molecule has 58 heavy (non-hydrogen) atoms. The van der Waals surface area contributed by atoms with Gasteiger partial charge in [-0.1, -0.05) is 184 Å². The van der Waals surface area contributed by atoms with Gasteiger partial charge in [0, 0.05) is 6.42 Å². The Kier molecular flexibility index (Phi) is 39.8. The molecular weight excluding hydrogens is 744 g/mol. The molecule has 3 unspecified atom stereocenters. The van der Waals surface area contributed by atoms with Gasteiger partial charge in [-0.2, -0.15) is 0 Å². The third-order valence-electron chi connectivity index (χ3n) is 10.5. The lowest BCUT2D eigenvalue weighted by Gasteiger charge is -2.25. The van der Waals surface area contributed by atoms with Crippen molar-refractivity contribution in [2.24, 2.45) is 0 Å². The molecule has 0 aliphatic heterocycles. The minimum Gasteiger partial charge on any atom is -0.387 e. The number of allylic oxidation sites excluding steroid dienone is 7. The van der Waals surface area contributed by atoms with Gasteiger partial charge in [-0.25, -0.2) is 4.57 Å². The lowest BCUT2D eigenvalue weighted by molar-refractivity contribution is -0.870. The maximum Gasteiger partial charge on any atom is 0.472 e. The van der Waals surface area contributed by atoms with Crippen LogP contribution in [0.15, 0.2) is 48.6 Å². The average Bonchev–Trinajstić information content (AvgIpc) is 3.17. The zero-order chi connectivity index (χ0) is 42.8. The van der Waals surface area contributed by atoms with E-state index in [1.165, 1.54) is 135 Å². The Balaban J connectivity index is 4.16. The number of nitrogens with zero attached hydrogens (tertiary/aromatic N) is 1. The minimum atomic E-state index is -4.35. The number of likely N-dealkylation sites (N-methyl/N-ethyl adjacent to an activating group) is 1. The summed E-state index contributed by atoms with van der Waals surface area (Å²) >= 11 is 0. The van der Waals surface area contributed by atoms with Crippen molar-refractivity contribution in [1.29, 1.82) is 0 Å². The minimum absolute atomic E-state index is 0.0522. The number of unbranched alkanes of at least 4 members (excludes halogenated alkanes) is 24. The molecule has 0 bridgehead atoms. The van der Waals surface area contributed by atoms with E-state index in [1.807, 2.05) is 27.2 Å². The molecule has 8 nitrogen and oxygen atoms in total. The summed E-state index contributed by atoms with van der Waals surface area (Å²) in [5.74, 6) is -0.195. The van der Waals surface area contributed by atoms with Crippen molar-refractivity contribution in [2.75, 3.05) is 40.9 Å². The topological polar surface area (TPSA) is 105 Å². The first-order chi connectivity index (χ1) is 28.0. The molecule has 1 amide bonds. The number of rotatable bonds is 43. The first-order valence-corrected chi connectivity index (χ1v) is 25.5. The van der Waals surface area contributed by atoms with Crippen LogP contribution in [0.4, 0.5) is 0 Å². The molecule has 3 N–H and O–H groups in total. The molecule has 9 heteroatoms. The second-order valence-corrected chi connectivity index (χ2v) is 18.9. The van der Waals surface area contributed by atoms with E-state index >= 15 is 0 Å². The van der Waals surface area contributed by atoms with Gasteiger partial charge >= 0.3 is 7.82 Å². The molecular formula is C49H94N2O6P+. The number of carbonyl (C=O) groups excluding carboxylic acids is 1. The number of quaternary nitrogens is 1. The van der Waals surface area contributed by atoms with Crippen LogP contribution in [-0.4, -0.2) is 73.4 Å². The van der Waals surface area contributed by atoms with Crippen molar-refractivity contribution in [3.63, 3.8) is 0 Å². The van der Waals surface area contributed by atoms with Crippen LogP contribution in [0.5, 0.6) is 0 Å². The monoisotopic (exact) mass is 838 g/mol. The van der Waals surface area contributed by atoms with E-state index in [2.05, 4.69) is 55.6 Å². The average molecular weight is 838 g/mol. The molecule has 0 aromatic heterocycles. The van der Waals surface area contributed by atoms with Gasteiger partial charge in [0.2, 0.25) is 5.91 Å². The molecule has 0 aliphatic rings. The number of amides is 1. The molecule has 0 fully saturated rings. The highest BCUT2D eigenvalue weighted by Crippen LogP contribution is 2.43. The van der Waals surface area contributed by atoms with Gasteiger partial charge < -0.3 is 19.8 Å². The van der Waals surface area contributed by atoms with Gasteiger partial charge in [0.05, 0.1) is 39.9 Å². The van der Waals surface area contributed by atoms with Crippen molar-refractivity contribution in [1.82, 2.24) is 5.32 Å². The number of aliphatic hydroxyl groups excluding tert-OH is 1. The number of hydrogen-bond acceptors (Lipinski definition) is 5. The summed E-state index contributed by atoms with van der Waals surface area (Å²) in [4.78, 5) is 23.1. The summed E-state index contributed by atoms with van der Waals surface area (Å²) < 4.78 is 23.5. The van der Waals surface area contributed by atoms with E-state index in [0.29, 0.717) is 17.4 Å². The number of hydrogen-bond donors (Lipinski definition) is 3. The van der Waals surface area contributed by atoms with Crippen LogP contribution in [0.3, 0.4) is 0 Å². The van der Waals surface area contributed by atoms with E-state index in [-0.39, 0.29) is 19.1 Å². The van der Waals surface area contributed by atoms with Crippen LogP contribution < -0.4 is 5.32 Å². The second kappa shape index (κ2) is 40.8. The van der Waals surface area contributed by atoms with Crippen LogP contribution in [0.1, 0.15) is 206 Å². The highest BCUT2D eigenvalue weighted by molar-refractivity contribution is 7.47. The van der Waals surface area contributed by atoms with E-state index in [1.54, 1.807) is 6.08 Å². The molecule has 3 atom stereocenters. The van der Waals surface area contributed by atoms with Gasteiger partial charge in [-0.05, 0) is 64.2 Å². The number of phosphoric ester groups is 1. The summed E-state index contributed by atoms with van der Waals surface area (Å²) in [6.45, 7) is 4.66. The molecule has 0 saturated carbocycles. The van der Waals surface area contributed by atoms with Crippen LogP contribution in [0.2, 0.25) is 0 Å².